The van der Waals surface area contributed by atoms with Crippen LogP contribution in [0.5, 0.6) is 0 Å². The predicted molar refractivity (Wildman–Crippen MR) is 78.3 cm³/mol. The Balaban J connectivity index is 0.00000200. The fourth-order valence-corrected chi connectivity index (χ4v) is 4.13. The van der Waals surface area contributed by atoms with Gasteiger partial charge in [0.15, 0.2) is 0 Å². The molecule has 0 heterocycles. The predicted octanol–water partition coefficient (Wildman–Crippen LogP) is -0.183. The van der Waals surface area contributed by atoms with Gasteiger partial charge in [0, 0.05) is 6.04 Å². The summed E-state index contributed by atoms with van der Waals surface area (Å²) in [7, 11) is -1.33. The summed E-state index contributed by atoms with van der Waals surface area (Å²) in [6.45, 7) is 0. The van der Waals surface area contributed by atoms with E-state index in [4.69, 9.17) is 21.5 Å². The van der Waals surface area contributed by atoms with Gasteiger partial charge >= 0.3 is 13.1 Å². The highest BCUT2D eigenvalue weighted by molar-refractivity contribution is 6.40. The van der Waals surface area contributed by atoms with Gasteiger partial charge in [0.05, 0.1) is 0 Å². The van der Waals surface area contributed by atoms with Crippen molar-refractivity contribution in [2.24, 2.45) is 29.2 Å². The van der Waals surface area contributed by atoms with Crippen LogP contribution < -0.4 is 11.5 Å². The van der Waals surface area contributed by atoms with Gasteiger partial charge in [-0.05, 0) is 49.8 Å². The van der Waals surface area contributed by atoms with E-state index in [9.17, 15) is 9.90 Å². The van der Waals surface area contributed by atoms with Gasteiger partial charge in [0.2, 0.25) is 0 Å². The molecule has 0 aromatic carbocycles. The Labute approximate surface area is 125 Å². The third-order valence-corrected chi connectivity index (χ3v) is 4.94. The van der Waals surface area contributed by atoms with Crippen LogP contribution in [0.4, 0.5) is 0 Å². The molecule has 0 aromatic heterocycles. The van der Waals surface area contributed by atoms with Crippen molar-refractivity contribution in [2.75, 3.05) is 0 Å². The van der Waals surface area contributed by atoms with Crippen LogP contribution in [0.1, 0.15) is 32.1 Å². The van der Waals surface area contributed by atoms with E-state index >= 15 is 0 Å². The number of carboxylic acids is 1. The quantitative estimate of drug-likeness (QED) is 0.448. The molecule has 2 aliphatic rings. The summed E-state index contributed by atoms with van der Waals surface area (Å²) in [5.74, 6) is -0.473. The summed E-state index contributed by atoms with van der Waals surface area (Å²) in [5.41, 5.74) is 10.9. The van der Waals surface area contributed by atoms with Crippen LogP contribution in [0, 0.1) is 17.8 Å². The van der Waals surface area contributed by atoms with Crippen LogP contribution in [-0.2, 0) is 4.79 Å². The van der Waals surface area contributed by atoms with E-state index in [1.807, 2.05) is 0 Å². The van der Waals surface area contributed by atoms with E-state index < -0.39 is 18.6 Å². The summed E-state index contributed by atoms with van der Waals surface area (Å²) in [5, 5.41) is 27.2. The van der Waals surface area contributed by atoms with Crippen molar-refractivity contribution in [3.63, 3.8) is 0 Å². The molecule has 0 saturated heterocycles. The van der Waals surface area contributed by atoms with Gasteiger partial charge in [-0.2, -0.15) is 0 Å². The van der Waals surface area contributed by atoms with E-state index in [-0.39, 0.29) is 36.6 Å². The Hall–Kier alpha value is -0.335. The molecule has 2 fully saturated rings. The molecular formula is C12H24BClN2O4. The zero-order valence-electron chi connectivity index (χ0n) is 11.4. The summed E-state index contributed by atoms with van der Waals surface area (Å²) < 4.78 is 0. The molecule has 0 bridgehead atoms. The maximum absolute atomic E-state index is 11.5. The fraction of sp³-hybridized carbons (Fsp3) is 0.917. The first-order chi connectivity index (χ1) is 8.84. The van der Waals surface area contributed by atoms with Crippen LogP contribution in [0.2, 0.25) is 6.32 Å². The third kappa shape index (κ3) is 3.28. The number of fused-ring (bicyclic) bond motifs is 1. The molecular weight excluding hydrogens is 282 g/mol. The lowest BCUT2D eigenvalue weighted by molar-refractivity contribution is -0.145. The first-order valence-corrected chi connectivity index (χ1v) is 6.98. The lowest BCUT2D eigenvalue weighted by atomic mass is 9.75. The highest BCUT2D eigenvalue weighted by Crippen LogP contribution is 2.53. The fourth-order valence-electron chi connectivity index (χ4n) is 4.13. The molecule has 0 amide bonds. The Morgan fingerprint density at radius 2 is 2.00 bits per heavy atom. The molecule has 0 radical (unpaired) electrons. The monoisotopic (exact) mass is 306 g/mol. The van der Waals surface area contributed by atoms with Crippen molar-refractivity contribution in [2.45, 2.75) is 50.0 Å². The first-order valence-electron chi connectivity index (χ1n) is 6.98. The van der Waals surface area contributed by atoms with E-state index in [1.165, 1.54) is 0 Å². The minimum Gasteiger partial charge on any atom is -0.480 e. The van der Waals surface area contributed by atoms with Crippen molar-refractivity contribution in [1.82, 2.24) is 0 Å². The van der Waals surface area contributed by atoms with Crippen LogP contribution in [0.3, 0.4) is 0 Å². The molecule has 2 rings (SSSR count). The third-order valence-electron chi connectivity index (χ3n) is 4.94. The SMILES string of the molecule is Cl.NC1C[C@@H]2CC(N)(C(=O)O)C(CCCB(O)O)[C@@H]2C1. The first kappa shape index (κ1) is 17.7. The second-order valence-electron chi connectivity index (χ2n) is 6.22. The van der Waals surface area contributed by atoms with Crippen molar-refractivity contribution >= 4 is 25.5 Å². The van der Waals surface area contributed by atoms with Gasteiger partial charge in [-0.15, -0.1) is 12.4 Å². The molecule has 2 aliphatic carbocycles. The number of nitrogens with two attached hydrogens (primary N) is 2. The number of halogens is 1. The second kappa shape index (κ2) is 6.62. The zero-order chi connectivity index (χ0) is 14.2. The number of carboxylic acid groups (broad SMARTS) is 1. The number of rotatable bonds is 5. The van der Waals surface area contributed by atoms with Crippen molar-refractivity contribution in [3.8, 4) is 0 Å². The maximum Gasteiger partial charge on any atom is 0.451 e. The van der Waals surface area contributed by atoms with Crippen LogP contribution in [-0.4, -0.2) is 39.8 Å². The number of carbonyl (C=O) groups is 1. The van der Waals surface area contributed by atoms with Gasteiger partial charge in [-0.1, -0.05) is 6.42 Å². The molecule has 0 spiro atoms. The smallest absolute Gasteiger partial charge is 0.451 e. The molecule has 116 valence electrons. The van der Waals surface area contributed by atoms with Gasteiger partial charge in [-0.25, -0.2) is 0 Å². The summed E-state index contributed by atoms with van der Waals surface area (Å²) in [6, 6.07) is 0.152. The van der Waals surface area contributed by atoms with Crippen LogP contribution in [0.15, 0.2) is 0 Å². The normalized spacial score (nSPS) is 39.2. The molecule has 20 heavy (non-hydrogen) atoms. The number of hydrogen-bond donors (Lipinski definition) is 5. The molecule has 0 aromatic rings. The largest absolute Gasteiger partial charge is 0.480 e. The Morgan fingerprint density at radius 3 is 2.55 bits per heavy atom. The standard InChI is InChI=1S/C12H23BN2O4.ClH/c14-8-4-7-6-12(15,11(16)17)10(9(7)5-8)2-1-3-13(18)19;/h7-10,18-19H,1-6,14-15H2,(H,16,17);1H/t7-,8?,9-,10?,12?;/m1./s1. The molecule has 3 unspecified atom stereocenters. The lowest BCUT2D eigenvalue weighted by Gasteiger charge is -2.30. The van der Waals surface area contributed by atoms with E-state index in [2.05, 4.69) is 0 Å². The average Bonchev–Trinajstić information content (AvgIpc) is 2.74. The summed E-state index contributed by atoms with van der Waals surface area (Å²) >= 11 is 0. The topological polar surface area (TPSA) is 130 Å². The second-order valence-corrected chi connectivity index (χ2v) is 6.22. The summed E-state index contributed by atoms with van der Waals surface area (Å²) in [6.07, 6.45) is 3.64. The minimum atomic E-state index is -1.33. The Morgan fingerprint density at radius 1 is 1.35 bits per heavy atom. The molecule has 0 aliphatic heterocycles. The minimum absolute atomic E-state index is 0. The van der Waals surface area contributed by atoms with Gasteiger partial charge in [0.1, 0.15) is 5.54 Å². The number of aliphatic carboxylic acids is 1. The van der Waals surface area contributed by atoms with Crippen molar-refractivity contribution in [3.05, 3.63) is 0 Å². The van der Waals surface area contributed by atoms with Crippen molar-refractivity contribution in [1.29, 1.82) is 0 Å². The molecule has 8 heteroatoms. The maximum atomic E-state index is 11.5. The van der Waals surface area contributed by atoms with Crippen LogP contribution >= 0.6 is 12.4 Å². The Bertz CT molecular complexity index is 360. The van der Waals surface area contributed by atoms with Gasteiger partial charge in [0.25, 0.3) is 0 Å². The number of hydrogen-bond acceptors (Lipinski definition) is 5. The molecule has 6 nitrogen and oxygen atoms in total. The average molecular weight is 307 g/mol. The molecule has 2 saturated carbocycles. The van der Waals surface area contributed by atoms with Gasteiger partial charge in [-0.3, -0.25) is 4.79 Å². The van der Waals surface area contributed by atoms with Crippen LogP contribution in [0.25, 0.3) is 0 Å². The summed E-state index contributed by atoms with van der Waals surface area (Å²) in [4.78, 5) is 11.5. The van der Waals surface area contributed by atoms with E-state index in [1.54, 1.807) is 0 Å². The molecule has 7 N–H and O–H groups in total. The Kier molecular flexibility index (Phi) is 5.86. The zero-order valence-corrected chi connectivity index (χ0v) is 12.3. The highest BCUT2D eigenvalue weighted by atomic mass is 35.5. The highest BCUT2D eigenvalue weighted by Gasteiger charge is 2.57. The van der Waals surface area contributed by atoms with E-state index in [0.717, 1.165) is 12.8 Å². The molecule has 5 atom stereocenters. The lowest BCUT2D eigenvalue weighted by Crippen LogP contribution is -2.52. The van der Waals surface area contributed by atoms with Crippen molar-refractivity contribution < 1.29 is 19.9 Å². The van der Waals surface area contributed by atoms with Gasteiger partial charge < -0.3 is 26.6 Å². The van der Waals surface area contributed by atoms with E-state index in [0.29, 0.717) is 25.2 Å².